The fourth-order valence-electron chi connectivity index (χ4n) is 4.68. The van der Waals surface area contributed by atoms with Gasteiger partial charge in [0.05, 0.1) is 17.0 Å². The molecule has 0 unspecified atom stereocenters. The predicted octanol–water partition coefficient (Wildman–Crippen LogP) is 4.64. The van der Waals surface area contributed by atoms with Gasteiger partial charge < -0.3 is 19.5 Å². The van der Waals surface area contributed by atoms with E-state index in [1.54, 1.807) is 30.0 Å². The highest BCUT2D eigenvalue weighted by atomic mass is 32.1. The third-order valence-corrected chi connectivity index (χ3v) is 7.78. The van der Waals surface area contributed by atoms with Crippen LogP contribution < -0.4 is 10.1 Å². The predicted molar refractivity (Wildman–Crippen MR) is 154 cm³/mol. The van der Waals surface area contributed by atoms with Gasteiger partial charge in [-0.25, -0.2) is 4.39 Å². The van der Waals surface area contributed by atoms with E-state index in [1.807, 2.05) is 42.6 Å². The molecule has 1 N–H and O–H groups in total. The summed E-state index contributed by atoms with van der Waals surface area (Å²) in [7, 11) is 0. The molecule has 1 saturated heterocycles. The van der Waals surface area contributed by atoms with Gasteiger partial charge in [0, 0.05) is 44.4 Å². The van der Waals surface area contributed by atoms with E-state index in [0.717, 1.165) is 37.2 Å². The lowest BCUT2D eigenvalue weighted by molar-refractivity contribution is -0.134. The third kappa shape index (κ3) is 7.17. The van der Waals surface area contributed by atoms with Crippen LogP contribution in [0.4, 0.5) is 4.39 Å². The highest BCUT2D eigenvalue weighted by Gasteiger charge is 2.26. The molecule has 11 heteroatoms. The molecule has 2 aromatic carbocycles. The first-order valence-electron chi connectivity index (χ1n) is 13.6. The number of thiophene rings is 1. The van der Waals surface area contributed by atoms with Crippen LogP contribution in [0.15, 0.2) is 64.5 Å². The molecular weight excluding hydrogens is 545 g/mol. The van der Waals surface area contributed by atoms with E-state index in [0.29, 0.717) is 36.2 Å². The SMILES string of the molecule is Cc1cccc(-c2nc(-c3ccc(OCCCN4CCN(C(=O)[C@@H](C)NC(=O)c5cccs5)CC4)cc3F)no2)c1. The van der Waals surface area contributed by atoms with E-state index >= 15 is 0 Å². The molecule has 2 aromatic heterocycles. The van der Waals surface area contributed by atoms with Crippen LogP contribution in [-0.2, 0) is 4.79 Å². The minimum absolute atomic E-state index is 0.0735. The number of halogens is 1. The van der Waals surface area contributed by atoms with Crippen LogP contribution in [-0.4, -0.2) is 77.1 Å². The molecule has 1 aliphatic heterocycles. The van der Waals surface area contributed by atoms with Gasteiger partial charge >= 0.3 is 0 Å². The highest BCUT2D eigenvalue weighted by Crippen LogP contribution is 2.27. The van der Waals surface area contributed by atoms with Crippen LogP contribution in [0.25, 0.3) is 22.8 Å². The van der Waals surface area contributed by atoms with Crippen molar-refractivity contribution in [3.63, 3.8) is 0 Å². The van der Waals surface area contributed by atoms with Crippen molar-refractivity contribution < 1.29 is 23.2 Å². The molecule has 9 nitrogen and oxygen atoms in total. The van der Waals surface area contributed by atoms with Crippen molar-refractivity contribution in [3.05, 3.63) is 76.2 Å². The van der Waals surface area contributed by atoms with Crippen molar-refractivity contribution in [2.24, 2.45) is 0 Å². The van der Waals surface area contributed by atoms with Gasteiger partial charge in [-0.15, -0.1) is 11.3 Å². The molecule has 4 aromatic rings. The maximum atomic E-state index is 14.8. The summed E-state index contributed by atoms with van der Waals surface area (Å²) in [5, 5.41) is 8.56. The second-order valence-corrected chi connectivity index (χ2v) is 10.9. The largest absolute Gasteiger partial charge is 0.493 e. The van der Waals surface area contributed by atoms with E-state index in [1.165, 1.54) is 17.4 Å². The van der Waals surface area contributed by atoms with Crippen molar-refractivity contribution in [1.29, 1.82) is 0 Å². The van der Waals surface area contributed by atoms with Crippen LogP contribution in [0.2, 0.25) is 0 Å². The van der Waals surface area contributed by atoms with Crippen LogP contribution in [0.1, 0.15) is 28.6 Å². The zero-order chi connectivity index (χ0) is 28.8. The summed E-state index contributed by atoms with van der Waals surface area (Å²) in [5.74, 6) is 0.168. The van der Waals surface area contributed by atoms with Crippen molar-refractivity contribution in [2.75, 3.05) is 39.3 Å². The number of amides is 2. The van der Waals surface area contributed by atoms with Crippen molar-refractivity contribution in [2.45, 2.75) is 26.3 Å². The number of carbonyl (C=O) groups is 2. The second-order valence-electron chi connectivity index (χ2n) is 9.98. The molecule has 0 aliphatic carbocycles. The minimum atomic E-state index is -0.577. The zero-order valence-electron chi connectivity index (χ0n) is 23.0. The molecule has 214 valence electrons. The van der Waals surface area contributed by atoms with Gasteiger partial charge in [0.1, 0.15) is 17.6 Å². The average Bonchev–Trinajstić information content (AvgIpc) is 3.69. The van der Waals surface area contributed by atoms with Gasteiger partial charge in [0.25, 0.3) is 11.8 Å². The molecule has 0 radical (unpaired) electrons. The number of aryl methyl sites for hydroxylation is 1. The summed E-state index contributed by atoms with van der Waals surface area (Å²) >= 11 is 1.35. The van der Waals surface area contributed by atoms with Gasteiger partial charge in [-0.3, -0.25) is 14.5 Å². The van der Waals surface area contributed by atoms with Gasteiger partial charge in [-0.05, 0) is 56.0 Å². The minimum Gasteiger partial charge on any atom is -0.493 e. The average molecular weight is 578 g/mol. The topological polar surface area (TPSA) is 101 Å². The summed E-state index contributed by atoms with van der Waals surface area (Å²) in [6.07, 6.45) is 0.759. The summed E-state index contributed by atoms with van der Waals surface area (Å²) in [5.41, 5.74) is 2.09. The molecule has 1 aliphatic rings. The molecule has 1 atom stereocenters. The Balaban J connectivity index is 1.03. The normalized spacial score (nSPS) is 14.6. The van der Waals surface area contributed by atoms with Crippen LogP contribution in [0.3, 0.4) is 0 Å². The van der Waals surface area contributed by atoms with E-state index < -0.39 is 11.9 Å². The fraction of sp³-hybridized carbons (Fsp3) is 0.333. The molecule has 3 heterocycles. The lowest BCUT2D eigenvalue weighted by atomic mass is 10.1. The van der Waals surface area contributed by atoms with Gasteiger partial charge in [-0.2, -0.15) is 4.98 Å². The number of hydrogen-bond donors (Lipinski definition) is 1. The lowest BCUT2D eigenvalue weighted by Crippen LogP contribution is -2.54. The van der Waals surface area contributed by atoms with E-state index in [9.17, 15) is 14.0 Å². The number of rotatable bonds is 10. The molecule has 0 spiro atoms. The van der Waals surface area contributed by atoms with Gasteiger partial charge in [0.15, 0.2) is 0 Å². The summed E-state index contributed by atoms with van der Waals surface area (Å²) in [4.78, 5) is 34.0. The summed E-state index contributed by atoms with van der Waals surface area (Å²) in [6, 6.07) is 15.3. The Hall–Kier alpha value is -4.09. The number of piperazine rings is 1. The quantitative estimate of drug-likeness (QED) is 0.274. The van der Waals surface area contributed by atoms with E-state index in [4.69, 9.17) is 9.26 Å². The van der Waals surface area contributed by atoms with Crippen LogP contribution in [0, 0.1) is 12.7 Å². The maximum Gasteiger partial charge on any atom is 0.261 e. The van der Waals surface area contributed by atoms with Gasteiger partial charge in [-0.1, -0.05) is 28.9 Å². The number of benzene rings is 2. The van der Waals surface area contributed by atoms with Crippen LogP contribution >= 0.6 is 11.3 Å². The molecule has 2 amide bonds. The molecule has 0 saturated carbocycles. The number of ether oxygens (including phenoxy) is 1. The molecular formula is C30H32FN5O4S. The first-order chi connectivity index (χ1) is 19.9. The first-order valence-corrected chi connectivity index (χ1v) is 14.4. The standard InChI is InChI=1S/C30H32FN5O4S/c1-20-6-3-7-22(18-20)29-33-27(34-40-29)24-10-9-23(19-25(24)31)39-16-5-11-35-12-14-36(15-13-35)30(38)21(2)32-28(37)26-8-4-17-41-26/h3-4,6-10,17-19,21H,5,11-16H2,1-2H3,(H,32,37)/t21-/m1/s1. The lowest BCUT2D eigenvalue weighted by Gasteiger charge is -2.36. The first kappa shape index (κ1) is 28.4. The maximum absolute atomic E-state index is 14.8. The Labute approximate surface area is 241 Å². The fourth-order valence-corrected chi connectivity index (χ4v) is 5.30. The number of hydrogen-bond acceptors (Lipinski definition) is 8. The molecule has 5 rings (SSSR count). The van der Waals surface area contributed by atoms with Crippen LogP contribution in [0.5, 0.6) is 5.75 Å². The number of aromatic nitrogens is 2. The Bertz CT molecular complexity index is 1480. The molecule has 0 bridgehead atoms. The monoisotopic (exact) mass is 577 g/mol. The van der Waals surface area contributed by atoms with E-state index in [2.05, 4.69) is 20.4 Å². The zero-order valence-corrected chi connectivity index (χ0v) is 23.8. The molecule has 41 heavy (non-hydrogen) atoms. The third-order valence-electron chi connectivity index (χ3n) is 6.91. The van der Waals surface area contributed by atoms with Crippen molar-refractivity contribution in [1.82, 2.24) is 25.3 Å². The van der Waals surface area contributed by atoms with E-state index in [-0.39, 0.29) is 23.2 Å². The number of nitrogens with one attached hydrogen (secondary N) is 1. The number of nitrogens with zero attached hydrogens (tertiary/aromatic N) is 4. The van der Waals surface area contributed by atoms with Crippen molar-refractivity contribution in [3.8, 4) is 28.6 Å². The van der Waals surface area contributed by atoms with Crippen molar-refractivity contribution >= 4 is 23.2 Å². The molecule has 1 fully saturated rings. The smallest absolute Gasteiger partial charge is 0.261 e. The Morgan fingerprint density at radius 3 is 2.68 bits per heavy atom. The Kier molecular flexibility index (Phi) is 9.05. The van der Waals surface area contributed by atoms with Gasteiger partial charge in [0.2, 0.25) is 11.7 Å². The Morgan fingerprint density at radius 2 is 1.95 bits per heavy atom. The highest BCUT2D eigenvalue weighted by molar-refractivity contribution is 7.12. The Morgan fingerprint density at radius 1 is 1.12 bits per heavy atom. The second kappa shape index (κ2) is 13.0. The summed E-state index contributed by atoms with van der Waals surface area (Å²) < 4.78 is 26.0. The summed E-state index contributed by atoms with van der Waals surface area (Å²) in [6.45, 7) is 7.63. The number of carbonyl (C=O) groups excluding carboxylic acids is 2.